The number of hydrogen-bond acceptors (Lipinski definition) is 20. The number of carbonyl (C=O) groups excluding carboxylic acids is 7. The smallest absolute Gasteiger partial charge is 0.344 e. The fourth-order valence-corrected chi connectivity index (χ4v) is 27.6. The molecular formula is C108H112O20P4. The van der Waals surface area contributed by atoms with Crippen LogP contribution < -0.4 is 61.4 Å². The number of carbonyl (C=O) groups is 7. The lowest BCUT2D eigenvalue weighted by molar-refractivity contribution is -0.163. The molecule has 0 saturated heterocycles. The fraction of sp³-hybridized carbons (Fsp3) is 0.269. The topological polar surface area (TPSA) is 271 Å². The van der Waals surface area contributed by atoms with Crippen molar-refractivity contribution < 1.29 is 94.5 Å². The summed E-state index contributed by atoms with van der Waals surface area (Å²) in [7, 11) is -16.0. The van der Waals surface area contributed by atoms with E-state index in [0.29, 0.717) is 115 Å². The third kappa shape index (κ3) is 21.1. The number of esters is 3. The van der Waals surface area contributed by atoms with Gasteiger partial charge in [-0.25, -0.2) is 14.4 Å². The van der Waals surface area contributed by atoms with Crippen LogP contribution in [0.1, 0.15) is 135 Å². The first-order valence-electron chi connectivity index (χ1n) is 43.8. The summed E-state index contributed by atoms with van der Waals surface area (Å²) in [6.45, 7) is 20.7. The molecule has 12 aromatic carbocycles. The predicted molar refractivity (Wildman–Crippen MR) is 521 cm³/mol. The summed E-state index contributed by atoms with van der Waals surface area (Å²) in [6.07, 6.45) is 0.364. The largest absolute Gasteiger partial charge is 0.491 e. The molecule has 0 aliphatic carbocycles. The zero-order valence-electron chi connectivity index (χ0n) is 77.0. The van der Waals surface area contributed by atoms with Crippen LogP contribution in [-0.4, -0.2) is 113 Å². The van der Waals surface area contributed by atoms with E-state index >= 15 is 37.4 Å². The van der Waals surface area contributed by atoms with E-state index in [1.807, 2.05) is 19.9 Å². The van der Waals surface area contributed by atoms with Crippen molar-refractivity contribution in [1.29, 1.82) is 0 Å². The van der Waals surface area contributed by atoms with Crippen LogP contribution in [0.15, 0.2) is 267 Å². The van der Waals surface area contributed by atoms with Gasteiger partial charge >= 0.3 is 17.9 Å². The van der Waals surface area contributed by atoms with Gasteiger partial charge in [-0.2, -0.15) is 0 Å². The van der Waals surface area contributed by atoms with E-state index in [1.54, 1.807) is 344 Å². The molecule has 0 bridgehead atoms. The first kappa shape index (κ1) is 98.8. The summed E-state index contributed by atoms with van der Waals surface area (Å²) in [5.74, 6) is -1.56. The minimum atomic E-state index is -4.02. The highest BCUT2D eigenvalue weighted by Gasteiger charge is 2.45. The zero-order chi connectivity index (χ0) is 94.9. The molecule has 20 nitrogen and oxygen atoms in total. The Balaban J connectivity index is 0.829. The fourth-order valence-electron chi connectivity index (χ4n) is 17.2. The van der Waals surface area contributed by atoms with Gasteiger partial charge in [-0.05, 0) is 140 Å². The van der Waals surface area contributed by atoms with E-state index in [9.17, 15) is 14.4 Å². The first-order valence-corrected chi connectivity index (χ1v) is 50.7. The van der Waals surface area contributed by atoms with Crippen molar-refractivity contribution in [2.75, 3.05) is 72.7 Å². The Morgan fingerprint density at radius 2 is 0.432 bits per heavy atom. The molecule has 0 saturated carbocycles. The molecule has 0 aliphatic rings. The van der Waals surface area contributed by atoms with Crippen molar-refractivity contribution in [3.05, 3.63) is 356 Å². The summed E-state index contributed by atoms with van der Waals surface area (Å²) in [6, 6.07) is 75.9. The lowest BCUT2D eigenvalue weighted by atomic mass is 9.86. The third-order valence-electron chi connectivity index (χ3n) is 24.4. The van der Waals surface area contributed by atoms with Crippen LogP contribution in [0.25, 0.3) is 0 Å². The van der Waals surface area contributed by atoms with E-state index in [1.165, 1.54) is 0 Å². The summed E-state index contributed by atoms with van der Waals surface area (Å²) in [5, 5.41) is 2.82. The van der Waals surface area contributed by atoms with Crippen molar-refractivity contribution in [3.63, 3.8) is 0 Å². The molecule has 132 heavy (non-hydrogen) atoms. The van der Waals surface area contributed by atoms with Crippen LogP contribution >= 0.6 is 28.6 Å². The second-order valence-corrected chi connectivity index (χ2v) is 44.3. The average molecular weight is 1850 g/mol. The molecule has 0 amide bonds. The van der Waals surface area contributed by atoms with Gasteiger partial charge in [0, 0.05) is 86.9 Å². The van der Waals surface area contributed by atoms with Crippen LogP contribution in [0.5, 0.6) is 23.0 Å². The Morgan fingerprint density at radius 3 is 0.636 bits per heavy atom. The van der Waals surface area contributed by atoms with E-state index in [4.69, 9.17) is 42.6 Å². The molecule has 684 valence electrons. The average Bonchev–Trinajstić information content (AvgIpc) is 0.761. The number of aryl methyl sites for hydroxylation is 8. The van der Waals surface area contributed by atoms with E-state index < -0.39 is 112 Å². The van der Waals surface area contributed by atoms with Crippen molar-refractivity contribution in [2.24, 2.45) is 10.8 Å². The molecule has 0 N–H and O–H groups in total. The molecule has 0 aliphatic heterocycles. The molecule has 0 spiro atoms. The Morgan fingerprint density at radius 1 is 0.242 bits per heavy atom. The van der Waals surface area contributed by atoms with Gasteiger partial charge in [-0.3, -0.25) is 19.2 Å². The molecule has 12 aromatic rings. The maximum atomic E-state index is 15.5. The highest BCUT2D eigenvalue weighted by Crippen LogP contribution is 2.54. The number of ether oxygens (including phenoxy) is 9. The number of hydrogen-bond donors (Lipinski definition) is 0. The van der Waals surface area contributed by atoms with Crippen LogP contribution in [0.2, 0.25) is 0 Å². The Hall–Kier alpha value is -12.2. The molecule has 0 aromatic heterocycles. The lowest BCUT2D eigenvalue weighted by Crippen LogP contribution is -2.43. The first-order chi connectivity index (χ1) is 63.2. The third-order valence-corrected chi connectivity index (χ3v) is 35.8. The van der Waals surface area contributed by atoms with Crippen LogP contribution in [0.3, 0.4) is 0 Å². The number of rotatable bonds is 43. The molecule has 12 rings (SSSR count). The summed E-state index contributed by atoms with van der Waals surface area (Å²) < 4.78 is 120. The maximum absolute atomic E-state index is 15.5. The SMILES string of the molecule is CCC(COCCOc1c(C)cc(C)c(C(=O)P(=O)(c2ccccc2)c2ccccc2)c1C)(COCC(CC)(COC(=O)COc1c(C)cc(C)c(C(=O)P(=O)(c2ccccc2)c2ccccc2)c1C)COC(=O)COc1c(C)cc(C)c(C(=O)P(=O)(c2ccccc2)c2ccccc2)c1C)COC(=O)COc1c(C)cc(C)c(C(=O)P(=O)(c2ccccc2)c2ccccc2)c1C. The van der Waals surface area contributed by atoms with E-state index in [0.717, 1.165) is 0 Å². The predicted octanol–water partition coefficient (Wildman–Crippen LogP) is 19.1. The Bertz CT molecular complexity index is 6070. The van der Waals surface area contributed by atoms with Crippen LogP contribution in [-0.2, 0) is 56.3 Å². The van der Waals surface area contributed by atoms with Gasteiger partial charge in [0.05, 0.1) is 37.3 Å². The van der Waals surface area contributed by atoms with E-state index in [2.05, 4.69) is 0 Å². The minimum Gasteiger partial charge on any atom is -0.491 e. The molecule has 0 fully saturated rings. The highest BCUT2D eigenvalue weighted by molar-refractivity contribution is 7.95. The number of benzene rings is 12. The molecule has 24 heteroatoms. The Kier molecular flexibility index (Phi) is 32.5. The van der Waals surface area contributed by atoms with Gasteiger partial charge in [0.15, 0.2) is 19.8 Å². The maximum Gasteiger partial charge on any atom is 0.344 e. The molecule has 1 unspecified atom stereocenters. The van der Waals surface area contributed by atoms with Gasteiger partial charge in [0.2, 0.25) is 50.7 Å². The quantitative estimate of drug-likeness (QED) is 0.0149. The van der Waals surface area contributed by atoms with Gasteiger partial charge in [0.1, 0.15) is 49.4 Å². The normalized spacial score (nSPS) is 12.3. The van der Waals surface area contributed by atoms with E-state index in [-0.39, 0.29) is 92.0 Å². The summed E-state index contributed by atoms with van der Waals surface area (Å²) >= 11 is 0. The van der Waals surface area contributed by atoms with Gasteiger partial charge in [0.25, 0.3) is 0 Å². The molecule has 0 radical (unpaired) electrons. The summed E-state index contributed by atoms with van der Waals surface area (Å²) in [5.41, 5.74) is 2.04. The molecule has 0 heterocycles. The Labute approximate surface area is 773 Å². The van der Waals surface area contributed by atoms with Crippen molar-refractivity contribution >= 4 is 111 Å². The zero-order valence-corrected chi connectivity index (χ0v) is 80.6. The highest BCUT2D eigenvalue weighted by atomic mass is 31.2. The lowest BCUT2D eigenvalue weighted by Gasteiger charge is -2.35. The minimum absolute atomic E-state index is 0.0590. The van der Waals surface area contributed by atoms with Gasteiger partial charge < -0.3 is 60.9 Å². The van der Waals surface area contributed by atoms with Crippen LogP contribution in [0, 0.1) is 93.9 Å². The van der Waals surface area contributed by atoms with Crippen LogP contribution in [0.4, 0.5) is 0 Å². The second kappa shape index (κ2) is 43.4. The summed E-state index contributed by atoms with van der Waals surface area (Å²) in [4.78, 5) is 104. The van der Waals surface area contributed by atoms with Crippen molar-refractivity contribution in [3.8, 4) is 23.0 Å². The molecular weight excluding hydrogens is 1740 g/mol. The monoisotopic (exact) mass is 1850 g/mol. The van der Waals surface area contributed by atoms with Gasteiger partial charge in [-0.15, -0.1) is 0 Å². The second-order valence-electron chi connectivity index (χ2n) is 33.6. The van der Waals surface area contributed by atoms with Crippen molar-refractivity contribution in [1.82, 2.24) is 0 Å². The van der Waals surface area contributed by atoms with Crippen molar-refractivity contribution in [2.45, 2.75) is 110 Å². The molecule has 1 atom stereocenters. The van der Waals surface area contributed by atoms with Gasteiger partial charge in [-0.1, -0.05) is 281 Å². The standard InChI is InChI=1S/C108H112O20P4/c1-15-107(66-120-57-58-122-99-76(7)59-72(3)95(80(99)11)103(112)129(116,84-41-25-17-26-42-84)85-43-27-18-28-44-85,69-126-92(109)63-123-100-77(8)60-73(4)96(81(100)12)104(113)130(117,86-45-29-19-30-46-86)87-47-31-20-32-48-87)67-121-68-108(16-2,70-127-93(110)64-124-101-78(9)61-74(5)97(82(101)13)105(114)131(118,88-49-33-21-34-50-88)89-51-35-22-36-52-89)71-128-94(111)65-125-102-79(10)62-75(6)98(83(102)14)106(115)132(119,90-53-37-23-38-54-90)91-55-39-24-40-56-91/h17-56,59-62H,15-16,57-58,63-71H2,1-14H3.